The predicted molar refractivity (Wildman–Crippen MR) is 74.4 cm³/mol. The van der Waals surface area contributed by atoms with Gasteiger partial charge in [-0.05, 0) is 38.4 Å². The third kappa shape index (κ3) is 2.51. The molecule has 3 heterocycles. The van der Waals surface area contributed by atoms with E-state index in [2.05, 4.69) is 16.7 Å². The van der Waals surface area contributed by atoms with Gasteiger partial charge in [0.1, 0.15) is 0 Å². The molecule has 2 aliphatic heterocycles. The monoisotopic (exact) mass is 264 g/mol. The van der Waals surface area contributed by atoms with E-state index in [9.17, 15) is 4.79 Å². The van der Waals surface area contributed by atoms with Crippen LogP contribution in [0.2, 0.25) is 0 Å². The molecular weight excluding hydrogens is 244 g/mol. The smallest absolute Gasteiger partial charge is 0.186 e. The van der Waals surface area contributed by atoms with Crippen LogP contribution >= 0.6 is 11.3 Å². The summed E-state index contributed by atoms with van der Waals surface area (Å²) < 4.78 is 0. The molecule has 4 heteroatoms. The van der Waals surface area contributed by atoms with Crippen molar-refractivity contribution in [2.45, 2.75) is 25.8 Å². The van der Waals surface area contributed by atoms with Crippen molar-refractivity contribution >= 4 is 17.1 Å². The van der Waals surface area contributed by atoms with Crippen molar-refractivity contribution < 1.29 is 4.79 Å². The molecule has 0 spiro atoms. The van der Waals surface area contributed by atoms with Crippen LogP contribution in [-0.2, 0) is 0 Å². The lowest BCUT2D eigenvalue weighted by Gasteiger charge is -2.37. The molecule has 18 heavy (non-hydrogen) atoms. The normalized spacial score (nSPS) is 25.3. The molecule has 1 aromatic heterocycles. The Labute approximate surface area is 112 Å². The molecule has 1 aromatic rings. The molecule has 0 radical (unpaired) electrons. The molecule has 1 unspecified atom stereocenters. The Kier molecular flexibility index (Phi) is 3.50. The van der Waals surface area contributed by atoms with Crippen LogP contribution in [0.3, 0.4) is 0 Å². The first-order chi connectivity index (χ1) is 8.72. The second-order valence-electron chi connectivity index (χ2n) is 5.40. The number of rotatable bonds is 3. The maximum atomic E-state index is 12.2. The molecule has 1 atom stereocenters. The summed E-state index contributed by atoms with van der Waals surface area (Å²) in [6.45, 7) is 7.18. The van der Waals surface area contributed by atoms with Crippen LogP contribution in [0.15, 0.2) is 12.1 Å². The Balaban J connectivity index is 1.58. The molecule has 2 fully saturated rings. The zero-order valence-electron chi connectivity index (χ0n) is 10.9. The van der Waals surface area contributed by atoms with Crippen LogP contribution < -0.4 is 0 Å². The maximum Gasteiger partial charge on any atom is 0.186 e. The lowest BCUT2D eigenvalue weighted by molar-refractivity contribution is 0.0787. The summed E-state index contributed by atoms with van der Waals surface area (Å²) in [5.41, 5.74) is 0. The van der Waals surface area contributed by atoms with Gasteiger partial charge in [-0.3, -0.25) is 14.6 Å². The van der Waals surface area contributed by atoms with Gasteiger partial charge in [-0.1, -0.05) is 0 Å². The standard InChI is InChI=1S/C14H20N2OS/c1-11-4-5-14(18-11)13(17)10-15-7-8-16-6-2-3-12(16)9-15/h4-5,12H,2-3,6-10H2,1H3. The highest BCUT2D eigenvalue weighted by molar-refractivity contribution is 7.14. The van der Waals surface area contributed by atoms with E-state index in [0.717, 1.165) is 24.5 Å². The SMILES string of the molecule is Cc1ccc(C(=O)CN2CCN3CCCC3C2)s1. The number of carbonyl (C=O) groups excluding carboxylic acids is 1. The molecule has 0 saturated carbocycles. The lowest BCUT2D eigenvalue weighted by atomic mass is 10.1. The van der Waals surface area contributed by atoms with Crippen LogP contribution in [-0.4, -0.2) is 54.3 Å². The first kappa shape index (κ1) is 12.3. The van der Waals surface area contributed by atoms with Crippen molar-refractivity contribution in [1.82, 2.24) is 9.80 Å². The van der Waals surface area contributed by atoms with Crippen molar-refractivity contribution in [3.63, 3.8) is 0 Å². The number of Topliss-reactive ketones (excluding diaryl/α,β-unsaturated/α-hetero) is 1. The molecule has 2 saturated heterocycles. The summed E-state index contributed by atoms with van der Waals surface area (Å²) in [6.07, 6.45) is 2.64. The van der Waals surface area contributed by atoms with Crippen LogP contribution in [0.4, 0.5) is 0 Å². The van der Waals surface area contributed by atoms with Gasteiger partial charge in [0.25, 0.3) is 0 Å². The summed E-state index contributed by atoms with van der Waals surface area (Å²) in [5, 5.41) is 0. The second-order valence-corrected chi connectivity index (χ2v) is 6.69. The largest absolute Gasteiger partial charge is 0.298 e. The van der Waals surface area contributed by atoms with E-state index in [4.69, 9.17) is 0 Å². The van der Waals surface area contributed by atoms with E-state index in [0.29, 0.717) is 18.4 Å². The highest BCUT2D eigenvalue weighted by atomic mass is 32.1. The summed E-state index contributed by atoms with van der Waals surface area (Å²) in [4.78, 5) is 19.2. The Morgan fingerprint density at radius 3 is 3.06 bits per heavy atom. The van der Waals surface area contributed by atoms with Crippen LogP contribution in [0, 0.1) is 6.92 Å². The maximum absolute atomic E-state index is 12.2. The number of hydrogen-bond acceptors (Lipinski definition) is 4. The van der Waals surface area contributed by atoms with E-state index in [1.165, 1.54) is 24.3 Å². The molecule has 0 amide bonds. The first-order valence-electron chi connectivity index (χ1n) is 6.78. The van der Waals surface area contributed by atoms with Gasteiger partial charge in [0.15, 0.2) is 5.78 Å². The molecule has 0 aliphatic carbocycles. The summed E-state index contributed by atoms with van der Waals surface area (Å²) >= 11 is 1.62. The number of fused-ring (bicyclic) bond motifs is 1. The topological polar surface area (TPSA) is 23.6 Å². The highest BCUT2D eigenvalue weighted by Crippen LogP contribution is 2.22. The number of carbonyl (C=O) groups is 1. The molecular formula is C14H20N2OS. The average molecular weight is 264 g/mol. The van der Waals surface area contributed by atoms with E-state index in [1.54, 1.807) is 11.3 Å². The Hall–Kier alpha value is -0.710. The zero-order valence-corrected chi connectivity index (χ0v) is 11.7. The number of nitrogens with zero attached hydrogens (tertiary/aromatic N) is 2. The fourth-order valence-electron chi connectivity index (χ4n) is 3.06. The minimum atomic E-state index is 0.291. The van der Waals surface area contributed by atoms with Gasteiger partial charge in [-0.2, -0.15) is 0 Å². The van der Waals surface area contributed by atoms with Gasteiger partial charge < -0.3 is 0 Å². The van der Waals surface area contributed by atoms with Gasteiger partial charge in [0, 0.05) is 30.6 Å². The quantitative estimate of drug-likeness (QED) is 0.780. The molecule has 0 aromatic carbocycles. The molecule has 2 aliphatic rings. The number of piperazine rings is 1. The molecule has 0 N–H and O–H groups in total. The Morgan fingerprint density at radius 2 is 2.28 bits per heavy atom. The van der Waals surface area contributed by atoms with Crippen LogP contribution in [0.1, 0.15) is 27.4 Å². The number of aryl methyl sites for hydroxylation is 1. The summed E-state index contributed by atoms with van der Waals surface area (Å²) in [5.74, 6) is 0.291. The Bertz CT molecular complexity index is 443. The van der Waals surface area contributed by atoms with E-state index < -0.39 is 0 Å². The minimum absolute atomic E-state index is 0.291. The summed E-state index contributed by atoms with van der Waals surface area (Å²) in [6, 6.07) is 4.71. The predicted octanol–water partition coefficient (Wildman–Crippen LogP) is 2.02. The van der Waals surface area contributed by atoms with Crippen molar-refractivity contribution in [2.75, 3.05) is 32.7 Å². The van der Waals surface area contributed by atoms with Gasteiger partial charge in [-0.15, -0.1) is 11.3 Å². The van der Waals surface area contributed by atoms with Crippen LogP contribution in [0.25, 0.3) is 0 Å². The summed E-state index contributed by atoms with van der Waals surface area (Å²) in [7, 11) is 0. The molecule has 98 valence electrons. The van der Waals surface area contributed by atoms with Gasteiger partial charge >= 0.3 is 0 Å². The second kappa shape index (κ2) is 5.11. The van der Waals surface area contributed by atoms with Gasteiger partial charge in [0.05, 0.1) is 11.4 Å². The fourth-order valence-corrected chi connectivity index (χ4v) is 3.86. The zero-order chi connectivity index (χ0) is 12.5. The third-order valence-corrected chi connectivity index (χ3v) is 5.10. The van der Waals surface area contributed by atoms with Crippen molar-refractivity contribution in [3.05, 3.63) is 21.9 Å². The lowest BCUT2D eigenvalue weighted by Crippen LogP contribution is -2.51. The van der Waals surface area contributed by atoms with Gasteiger partial charge in [0.2, 0.25) is 0 Å². The third-order valence-electron chi connectivity index (χ3n) is 4.05. The van der Waals surface area contributed by atoms with E-state index >= 15 is 0 Å². The van der Waals surface area contributed by atoms with E-state index in [-0.39, 0.29) is 0 Å². The van der Waals surface area contributed by atoms with Crippen LogP contribution in [0.5, 0.6) is 0 Å². The van der Waals surface area contributed by atoms with E-state index in [1.807, 2.05) is 12.1 Å². The highest BCUT2D eigenvalue weighted by Gasteiger charge is 2.31. The number of hydrogen-bond donors (Lipinski definition) is 0. The Morgan fingerprint density at radius 1 is 1.39 bits per heavy atom. The van der Waals surface area contributed by atoms with Crippen molar-refractivity contribution in [1.29, 1.82) is 0 Å². The average Bonchev–Trinajstić information content (AvgIpc) is 2.96. The number of ketones is 1. The molecule has 3 nitrogen and oxygen atoms in total. The molecule has 3 rings (SSSR count). The number of thiophene rings is 1. The minimum Gasteiger partial charge on any atom is -0.298 e. The fraction of sp³-hybridized carbons (Fsp3) is 0.643. The van der Waals surface area contributed by atoms with Crippen molar-refractivity contribution in [2.24, 2.45) is 0 Å². The van der Waals surface area contributed by atoms with Crippen molar-refractivity contribution in [3.8, 4) is 0 Å². The molecule has 0 bridgehead atoms. The first-order valence-corrected chi connectivity index (χ1v) is 7.60. The van der Waals surface area contributed by atoms with Gasteiger partial charge in [-0.25, -0.2) is 0 Å².